The number of aromatic nitrogens is 1. The van der Waals surface area contributed by atoms with E-state index in [1.165, 1.54) is 15.6 Å². The Bertz CT molecular complexity index is 969. The Morgan fingerprint density at radius 1 is 1.14 bits per heavy atom. The Morgan fingerprint density at radius 2 is 1.76 bits per heavy atom. The van der Waals surface area contributed by atoms with Crippen LogP contribution in [-0.4, -0.2) is 36.2 Å². The van der Waals surface area contributed by atoms with Gasteiger partial charge in [0.1, 0.15) is 0 Å². The molecule has 6 nitrogen and oxygen atoms in total. The fourth-order valence-electron chi connectivity index (χ4n) is 4.18. The summed E-state index contributed by atoms with van der Waals surface area (Å²) in [6.45, 7) is 7.26. The number of nitrogens with zero attached hydrogens (tertiary/aromatic N) is 2. The first-order valence-electron chi connectivity index (χ1n) is 10.00. The number of carbonyl (C=O) groups excluding carboxylic acids is 1. The van der Waals surface area contributed by atoms with Gasteiger partial charge in [-0.3, -0.25) is 4.79 Å². The average molecular weight is 436 g/mol. The molecule has 1 fully saturated rings. The molecule has 1 aromatic carbocycles. The first-order chi connectivity index (χ1) is 13.7. The number of rotatable bonds is 6. The molecule has 1 N–H and O–H groups in total. The van der Waals surface area contributed by atoms with E-state index in [9.17, 15) is 13.2 Å². The predicted octanol–water partition coefficient (Wildman–Crippen LogP) is 4.34. The Labute approximate surface area is 177 Å². The molecule has 0 saturated heterocycles. The zero-order chi connectivity index (χ0) is 21.2. The number of nitrogens with one attached hydrogen (secondary N) is 1. The van der Waals surface area contributed by atoms with Crippen LogP contribution in [0.15, 0.2) is 22.4 Å². The molecular formula is C21H29N3O3S2. The summed E-state index contributed by atoms with van der Waals surface area (Å²) in [5, 5.41) is 5.10. The van der Waals surface area contributed by atoms with Crippen LogP contribution in [-0.2, 0) is 14.8 Å². The van der Waals surface area contributed by atoms with Crippen LogP contribution in [0, 0.1) is 27.7 Å². The van der Waals surface area contributed by atoms with Crippen molar-refractivity contribution < 1.29 is 13.2 Å². The molecule has 1 aliphatic rings. The van der Waals surface area contributed by atoms with E-state index in [-0.39, 0.29) is 18.5 Å². The van der Waals surface area contributed by atoms with E-state index >= 15 is 0 Å². The third-order valence-corrected chi connectivity index (χ3v) is 8.40. The summed E-state index contributed by atoms with van der Waals surface area (Å²) in [4.78, 5) is 17.3. The van der Waals surface area contributed by atoms with Gasteiger partial charge >= 0.3 is 0 Å². The molecule has 0 aliphatic heterocycles. The topological polar surface area (TPSA) is 79.4 Å². The van der Waals surface area contributed by atoms with Gasteiger partial charge in [-0.15, -0.1) is 11.3 Å². The van der Waals surface area contributed by atoms with Crippen LogP contribution in [0.5, 0.6) is 0 Å². The fraction of sp³-hybridized carbons (Fsp3) is 0.524. The van der Waals surface area contributed by atoms with Crippen LogP contribution in [0.25, 0.3) is 0 Å². The van der Waals surface area contributed by atoms with Gasteiger partial charge in [-0.25, -0.2) is 13.4 Å². The number of benzene rings is 1. The number of hydrogen-bond donors (Lipinski definition) is 1. The molecular weight excluding hydrogens is 406 g/mol. The van der Waals surface area contributed by atoms with Crippen LogP contribution in [0.3, 0.4) is 0 Å². The molecule has 1 heterocycles. The lowest BCUT2D eigenvalue weighted by Crippen LogP contribution is -2.46. The van der Waals surface area contributed by atoms with E-state index in [0.717, 1.165) is 54.5 Å². The lowest BCUT2D eigenvalue weighted by atomic mass is 9.95. The monoisotopic (exact) mass is 435 g/mol. The highest BCUT2D eigenvalue weighted by Crippen LogP contribution is 2.31. The van der Waals surface area contributed by atoms with E-state index < -0.39 is 10.0 Å². The third kappa shape index (κ3) is 5.05. The van der Waals surface area contributed by atoms with E-state index in [4.69, 9.17) is 0 Å². The molecule has 0 bridgehead atoms. The normalized spacial score (nSPS) is 15.6. The summed E-state index contributed by atoms with van der Waals surface area (Å²) in [6.07, 6.45) is 4.64. The summed E-state index contributed by atoms with van der Waals surface area (Å²) >= 11 is 1.34. The first-order valence-corrected chi connectivity index (χ1v) is 12.3. The largest absolute Gasteiger partial charge is 0.301 e. The van der Waals surface area contributed by atoms with Crippen molar-refractivity contribution >= 4 is 32.4 Å². The number of aryl methyl sites for hydroxylation is 4. The molecule has 2 aromatic rings. The Kier molecular flexibility index (Phi) is 6.76. The maximum absolute atomic E-state index is 13.7. The van der Waals surface area contributed by atoms with Gasteiger partial charge < -0.3 is 5.32 Å². The van der Waals surface area contributed by atoms with Crippen molar-refractivity contribution in [1.29, 1.82) is 0 Å². The van der Waals surface area contributed by atoms with Crippen molar-refractivity contribution in [3.63, 3.8) is 0 Å². The quantitative estimate of drug-likeness (QED) is 0.732. The number of anilines is 1. The van der Waals surface area contributed by atoms with Gasteiger partial charge in [-0.1, -0.05) is 37.0 Å². The second-order valence-electron chi connectivity index (χ2n) is 7.91. The van der Waals surface area contributed by atoms with Crippen molar-refractivity contribution in [1.82, 2.24) is 9.29 Å². The number of sulfonamides is 1. The number of amides is 1. The highest BCUT2D eigenvalue weighted by molar-refractivity contribution is 7.89. The summed E-state index contributed by atoms with van der Waals surface area (Å²) in [5.41, 5.74) is 3.30. The third-order valence-electron chi connectivity index (χ3n) is 5.32. The highest BCUT2D eigenvalue weighted by atomic mass is 32.2. The van der Waals surface area contributed by atoms with Crippen molar-refractivity contribution in [3.05, 3.63) is 39.9 Å². The predicted molar refractivity (Wildman–Crippen MR) is 117 cm³/mol. The molecule has 0 radical (unpaired) electrons. The van der Waals surface area contributed by atoms with E-state index in [0.29, 0.717) is 10.0 Å². The summed E-state index contributed by atoms with van der Waals surface area (Å²) in [5.74, 6) is -0.351. The van der Waals surface area contributed by atoms with Crippen molar-refractivity contribution in [2.24, 2.45) is 0 Å². The zero-order valence-electron chi connectivity index (χ0n) is 17.5. The molecule has 1 amide bonds. The SMILES string of the molecule is Cc1cc(C)c(S(=O)(=O)N(CC(=O)Nc2nc(C)cs2)C2CCCCC2)c(C)c1. The van der Waals surface area contributed by atoms with Gasteiger partial charge in [0.15, 0.2) is 5.13 Å². The Balaban J connectivity index is 1.93. The molecule has 0 spiro atoms. The van der Waals surface area contributed by atoms with Crippen LogP contribution < -0.4 is 5.32 Å². The lowest BCUT2D eigenvalue weighted by molar-refractivity contribution is -0.116. The van der Waals surface area contributed by atoms with Gasteiger partial charge in [-0.2, -0.15) is 4.31 Å². The number of hydrogen-bond acceptors (Lipinski definition) is 5. The summed E-state index contributed by atoms with van der Waals surface area (Å²) in [7, 11) is -3.81. The van der Waals surface area contributed by atoms with Crippen molar-refractivity contribution in [2.75, 3.05) is 11.9 Å². The van der Waals surface area contributed by atoms with Crippen LogP contribution in [0.4, 0.5) is 5.13 Å². The molecule has 3 rings (SSSR count). The molecule has 1 saturated carbocycles. The molecule has 0 unspecified atom stereocenters. The molecule has 0 atom stereocenters. The Hall–Kier alpha value is -1.77. The smallest absolute Gasteiger partial charge is 0.244 e. The summed E-state index contributed by atoms with van der Waals surface area (Å²) in [6, 6.07) is 3.62. The molecule has 8 heteroatoms. The van der Waals surface area contributed by atoms with Crippen molar-refractivity contribution in [2.45, 2.75) is 70.7 Å². The number of carbonyl (C=O) groups is 1. The van der Waals surface area contributed by atoms with Gasteiger partial charge in [0.2, 0.25) is 15.9 Å². The van der Waals surface area contributed by atoms with Crippen LogP contribution in [0.2, 0.25) is 0 Å². The maximum atomic E-state index is 13.7. The van der Waals surface area contributed by atoms with Crippen LogP contribution in [0.1, 0.15) is 54.5 Å². The standard InChI is InChI=1S/C21H29N3O3S2/c1-14-10-15(2)20(16(3)11-14)29(26,27)24(18-8-6-5-7-9-18)12-19(25)23-21-22-17(4)13-28-21/h10-11,13,18H,5-9,12H2,1-4H3,(H,22,23,25). The van der Waals surface area contributed by atoms with Gasteiger partial charge in [-0.05, 0) is 51.7 Å². The van der Waals surface area contributed by atoms with Gasteiger partial charge in [0.05, 0.1) is 17.1 Å². The van der Waals surface area contributed by atoms with Gasteiger partial charge in [0, 0.05) is 11.4 Å². The number of thiazole rings is 1. The molecule has 1 aromatic heterocycles. The van der Waals surface area contributed by atoms with E-state index in [1.807, 2.05) is 45.2 Å². The van der Waals surface area contributed by atoms with Gasteiger partial charge in [0.25, 0.3) is 0 Å². The minimum atomic E-state index is -3.81. The molecule has 29 heavy (non-hydrogen) atoms. The molecule has 158 valence electrons. The van der Waals surface area contributed by atoms with E-state index in [2.05, 4.69) is 10.3 Å². The Morgan fingerprint density at radius 3 is 2.31 bits per heavy atom. The minimum absolute atomic E-state index is 0.155. The van der Waals surface area contributed by atoms with Crippen molar-refractivity contribution in [3.8, 4) is 0 Å². The average Bonchev–Trinajstić information content (AvgIpc) is 3.03. The van der Waals surface area contributed by atoms with Crippen LogP contribution >= 0.6 is 11.3 Å². The second kappa shape index (κ2) is 8.93. The maximum Gasteiger partial charge on any atom is 0.244 e. The second-order valence-corrected chi connectivity index (χ2v) is 10.6. The fourth-order valence-corrected chi connectivity index (χ4v) is 6.94. The lowest BCUT2D eigenvalue weighted by Gasteiger charge is -2.33. The van der Waals surface area contributed by atoms with E-state index in [1.54, 1.807) is 0 Å². The highest BCUT2D eigenvalue weighted by Gasteiger charge is 2.35. The molecule has 1 aliphatic carbocycles. The first kappa shape index (κ1) is 21.9. The zero-order valence-corrected chi connectivity index (χ0v) is 19.1. The minimum Gasteiger partial charge on any atom is -0.301 e. The summed E-state index contributed by atoms with van der Waals surface area (Å²) < 4.78 is 28.8.